The van der Waals surface area contributed by atoms with Crippen molar-refractivity contribution in [1.82, 2.24) is 10.2 Å². The van der Waals surface area contributed by atoms with E-state index in [1.165, 1.54) is 6.08 Å². The molecule has 1 N–H and O–H groups in total. The van der Waals surface area contributed by atoms with Gasteiger partial charge in [-0.05, 0) is 54.9 Å². The molecule has 0 amide bonds. The van der Waals surface area contributed by atoms with Gasteiger partial charge in [-0.25, -0.2) is 4.79 Å². The Bertz CT molecular complexity index is 1190. The van der Waals surface area contributed by atoms with Crippen molar-refractivity contribution >= 4 is 35.4 Å². The molecule has 0 radical (unpaired) electrons. The zero-order valence-corrected chi connectivity index (χ0v) is 20.5. The molecule has 9 heteroatoms. The van der Waals surface area contributed by atoms with Gasteiger partial charge >= 0.3 is 5.97 Å². The van der Waals surface area contributed by atoms with E-state index in [0.717, 1.165) is 22.9 Å². The van der Waals surface area contributed by atoms with E-state index in [-0.39, 0.29) is 16.7 Å². The number of aliphatic carboxylic acids is 1. The molecular weight excluding hydrogens is 476 g/mol. The van der Waals surface area contributed by atoms with Crippen molar-refractivity contribution in [1.29, 1.82) is 0 Å². The fraction of sp³-hybridized carbons (Fsp3) is 0.240. The van der Waals surface area contributed by atoms with E-state index in [0.29, 0.717) is 47.4 Å². The van der Waals surface area contributed by atoms with Crippen LogP contribution in [0.3, 0.4) is 0 Å². The number of hydrogen-bond acceptors (Lipinski definition) is 7. The summed E-state index contributed by atoms with van der Waals surface area (Å²) in [6, 6.07) is 11.0. The Hall–Kier alpha value is -3.23. The van der Waals surface area contributed by atoms with Gasteiger partial charge in [0.15, 0.2) is 11.5 Å². The van der Waals surface area contributed by atoms with E-state index in [1.54, 1.807) is 18.2 Å². The standard InChI is InChI=1S/C25H25ClN2O5S/c1-4-9-17-12-16(14-21(24(29)30)34-25-28-27-22(5-2)33-25)13-20(31-6-3)23(17)32-15-18-10-7-8-11-19(18)26/h4,7-8,10-14H,1,5-6,9,15H2,2-3H3,(H,29,30)/b21-14+. The number of nitrogens with zero attached hydrogens (tertiary/aromatic N) is 2. The Morgan fingerprint density at radius 2 is 2.00 bits per heavy atom. The summed E-state index contributed by atoms with van der Waals surface area (Å²) < 4.78 is 17.4. The second kappa shape index (κ2) is 12.3. The highest BCUT2D eigenvalue weighted by atomic mass is 35.5. The SMILES string of the molecule is C=CCc1cc(/C=C(/Sc2nnc(CC)o2)C(=O)O)cc(OCC)c1OCc1ccccc1Cl. The molecule has 1 aromatic heterocycles. The van der Waals surface area contributed by atoms with Gasteiger partial charge in [0.25, 0.3) is 5.22 Å². The van der Waals surface area contributed by atoms with Gasteiger partial charge in [0.1, 0.15) is 11.5 Å². The van der Waals surface area contributed by atoms with Crippen LogP contribution in [-0.4, -0.2) is 27.9 Å². The van der Waals surface area contributed by atoms with E-state index >= 15 is 0 Å². The van der Waals surface area contributed by atoms with Crippen molar-refractivity contribution in [2.75, 3.05) is 6.61 Å². The number of allylic oxidation sites excluding steroid dienone is 1. The van der Waals surface area contributed by atoms with Crippen LogP contribution >= 0.6 is 23.4 Å². The number of ether oxygens (including phenoxy) is 2. The molecule has 0 saturated carbocycles. The fourth-order valence-electron chi connectivity index (χ4n) is 3.07. The number of aromatic nitrogens is 2. The number of carboxylic acid groups (broad SMARTS) is 1. The molecule has 0 aliphatic carbocycles. The summed E-state index contributed by atoms with van der Waals surface area (Å²) in [4.78, 5) is 11.9. The molecule has 1 heterocycles. The van der Waals surface area contributed by atoms with E-state index in [4.69, 9.17) is 25.5 Å². The van der Waals surface area contributed by atoms with Gasteiger partial charge in [-0.1, -0.05) is 42.8 Å². The number of benzene rings is 2. The van der Waals surface area contributed by atoms with Crippen molar-refractivity contribution in [2.24, 2.45) is 0 Å². The van der Waals surface area contributed by atoms with Crippen molar-refractivity contribution in [3.63, 3.8) is 0 Å². The zero-order valence-electron chi connectivity index (χ0n) is 18.9. The quantitative estimate of drug-likeness (QED) is 0.178. The predicted octanol–water partition coefficient (Wildman–Crippen LogP) is 6.21. The molecule has 0 saturated heterocycles. The molecule has 0 aliphatic heterocycles. The molecule has 0 unspecified atom stereocenters. The Morgan fingerprint density at radius 3 is 2.65 bits per heavy atom. The van der Waals surface area contributed by atoms with E-state index in [9.17, 15) is 9.90 Å². The molecule has 0 spiro atoms. The van der Waals surface area contributed by atoms with Gasteiger partial charge < -0.3 is 19.0 Å². The number of halogens is 1. The summed E-state index contributed by atoms with van der Waals surface area (Å²) >= 11 is 7.17. The minimum Gasteiger partial charge on any atom is -0.490 e. The number of carbonyl (C=O) groups is 1. The average Bonchev–Trinajstić information content (AvgIpc) is 3.27. The zero-order chi connectivity index (χ0) is 24.5. The van der Waals surface area contributed by atoms with E-state index < -0.39 is 5.97 Å². The van der Waals surface area contributed by atoms with Gasteiger partial charge in [0.05, 0.1) is 6.61 Å². The number of rotatable bonds is 12. The first-order valence-electron chi connectivity index (χ1n) is 10.7. The third-order valence-electron chi connectivity index (χ3n) is 4.60. The lowest BCUT2D eigenvalue weighted by atomic mass is 10.0. The second-order valence-electron chi connectivity index (χ2n) is 7.04. The Labute approximate surface area is 207 Å². The number of thioether (sulfide) groups is 1. The van der Waals surface area contributed by atoms with Crippen LogP contribution in [0.15, 0.2) is 63.6 Å². The molecule has 0 atom stereocenters. The first kappa shape index (κ1) is 25.4. The summed E-state index contributed by atoms with van der Waals surface area (Å²) in [6.07, 6.45) is 4.35. The summed E-state index contributed by atoms with van der Waals surface area (Å²) in [5, 5.41) is 18.3. The van der Waals surface area contributed by atoms with Gasteiger partial charge in [-0.3, -0.25) is 0 Å². The predicted molar refractivity (Wildman–Crippen MR) is 132 cm³/mol. The van der Waals surface area contributed by atoms with Gasteiger partial charge in [-0.15, -0.1) is 16.8 Å². The maximum absolute atomic E-state index is 11.9. The lowest BCUT2D eigenvalue weighted by molar-refractivity contribution is -0.131. The van der Waals surface area contributed by atoms with Gasteiger partial charge in [0, 0.05) is 22.6 Å². The third-order valence-corrected chi connectivity index (χ3v) is 5.83. The molecule has 2 aromatic carbocycles. The Kier molecular flexibility index (Phi) is 9.18. The largest absolute Gasteiger partial charge is 0.490 e. The van der Waals surface area contributed by atoms with Crippen molar-refractivity contribution in [3.8, 4) is 11.5 Å². The highest BCUT2D eigenvalue weighted by Crippen LogP contribution is 2.37. The summed E-state index contributed by atoms with van der Waals surface area (Å²) in [7, 11) is 0. The molecule has 3 rings (SSSR count). The van der Waals surface area contributed by atoms with Crippen molar-refractivity contribution < 1.29 is 23.8 Å². The van der Waals surface area contributed by atoms with Crippen LogP contribution in [0.4, 0.5) is 0 Å². The highest BCUT2D eigenvalue weighted by Gasteiger charge is 2.18. The maximum Gasteiger partial charge on any atom is 0.342 e. The highest BCUT2D eigenvalue weighted by molar-refractivity contribution is 8.03. The molecule has 3 aromatic rings. The van der Waals surface area contributed by atoms with Gasteiger partial charge in [0.2, 0.25) is 5.89 Å². The number of aryl methyl sites for hydroxylation is 1. The first-order valence-corrected chi connectivity index (χ1v) is 11.9. The second-order valence-corrected chi connectivity index (χ2v) is 8.44. The Morgan fingerprint density at radius 1 is 1.21 bits per heavy atom. The molecule has 0 bridgehead atoms. The van der Waals surface area contributed by atoms with Crippen molar-refractivity contribution in [2.45, 2.75) is 38.5 Å². The maximum atomic E-state index is 11.9. The van der Waals surface area contributed by atoms with Crippen LogP contribution in [-0.2, 0) is 24.2 Å². The van der Waals surface area contributed by atoms with Crippen LogP contribution < -0.4 is 9.47 Å². The summed E-state index contributed by atoms with van der Waals surface area (Å²) in [6.45, 7) is 8.24. The van der Waals surface area contributed by atoms with Crippen molar-refractivity contribution in [3.05, 3.63) is 81.6 Å². The lowest BCUT2D eigenvalue weighted by Crippen LogP contribution is -2.04. The summed E-state index contributed by atoms with van der Waals surface area (Å²) in [5.74, 6) is 0.400. The molecule has 7 nitrogen and oxygen atoms in total. The normalized spacial score (nSPS) is 11.3. The molecule has 34 heavy (non-hydrogen) atoms. The van der Waals surface area contributed by atoms with Crippen LogP contribution in [0.1, 0.15) is 36.4 Å². The van der Waals surface area contributed by atoms with Crippen LogP contribution in [0.5, 0.6) is 11.5 Å². The van der Waals surface area contributed by atoms with E-state index in [1.807, 2.05) is 38.1 Å². The first-order chi connectivity index (χ1) is 16.4. The smallest absolute Gasteiger partial charge is 0.342 e. The molecule has 0 fully saturated rings. The topological polar surface area (TPSA) is 94.7 Å². The van der Waals surface area contributed by atoms with Crippen LogP contribution in [0.2, 0.25) is 5.02 Å². The van der Waals surface area contributed by atoms with Crippen LogP contribution in [0, 0.1) is 0 Å². The lowest BCUT2D eigenvalue weighted by Gasteiger charge is -2.17. The fourth-order valence-corrected chi connectivity index (χ4v) is 3.95. The molecular formula is C25H25ClN2O5S. The van der Waals surface area contributed by atoms with E-state index in [2.05, 4.69) is 16.8 Å². The molecule has 178 valence electrons. The summed E-state index contributed by atoms with van der Waals surface area (Å²) in [5.41, 5.74) is 2.28. The minimum absolute atomic E-state index is 0.0306. The van der Waals surface area contributed by atoms with Gasteiger partial charge in [-0.2, -0.15) is 0 Å². The number of carboxylic acids is 1. The number of hydrogen-bond donors (Lipinski definition) is 1. The third kappa shape index (κ3) is 6.65. The molecule has 0 aliphatic rings. The van der Waals surface area contributed by atoms with Crippen LogP contribution in [0.25, 0.3) is 6.08 Å². The minimum atomic E-state index is -1.11. The Balaban J connectivity index is 1.97. The average molecular weight is 501 g/mol. The monoisotopic (exact) mass is 500 g/mol.